The molecule has 2 aromatic carbocycles. The average Bonchev–Trinajstić information content (AvgIpc) is 3.09. The minimum atomic E-state index is -0.368. The van der Waals surface area contributed by atoms with E-state index in [0.29, 0.717) is 16.4 Å². The zero-order valence-corrected chi connectivity index (χ0v) is 16.2. The highest BCUT2D eigenvalue weighted by molar-refractivity contribution is 9.10. The van der Waals surface area contributed by atoms with E-state index in [2.05, 4.69) is 31.2 Å². The number of rotatable bonds is 5. The molecule has 0 aliphatic rings. The third-order valence-corrected chi connectivity index (χ3v) is 5.32. The molecular weight excluding hydrogens is 431 g/mol. The smallest absolute Gasteiger partial charge is 0.212 e. The van der Waals surface area contributed by atoms with Gasteiger partial charge in [0.15, 0.2) is 11.4 Å². The van der Waals surface area contributed by atoms with Gasteiger partial charge in [0.25, 0.3) is 0 Å². The molecule has 0 atom stereocenters. The quantitative estimate of drug-likeness (QED) is 0.332. The van der Waals surface area contributed by atoms with Gasteiger partial charge in [0, 0.05) is 15.6 Å². The number of nitrogens with zero attached hydrogens (tertiary/aromatic N) is 4. The van der Waals surface area contributed by atoms with Crippen LogP contribution in [0.5, 0.6) is 0 Å². The second kappa shape index (κ2) is 7.58. The van der Waals surface area contributed by atoms with Gasteiger partial charge < -0.3 is 0 Å². The molecule has 4 aromatic rings. The summed E-state index contributed by atoms with van der Waals surface area (Å²) in [6.07, 6.45) is 0. The second-order valence-corrected chi connectivity index (χ2v) is 7.55. The maximum Gasteiger partial charge on any atom is 0.212 e. The van der Waals surface area contributed by atoms with Crippen LogP contribution >= 0.6 is 27.7 Å². The molecule has 0 saturated carbocycles. The summed E-state index contributed by atoms with van der Waals surface area (Å²) >= 11 is 4.66. The molecule has 0 spiro atoms. The van der Waals surface area contributed by atoms with Crippen molar-refractivity contribution in [2.75, 3.05) is 5.75 Å². The molecule has 8 heteroatoms. The fraction of sp³-hybridized carbons (Fsp3) is 0.0526. The van der Waals surface area contributed by atoms with E-state index in [1.807, 2.05) is 36.4 Å². The van der Waals surface area contributed by atoms with Crippen molar-refractivity contribution in [3.63, 3.8) is 0 Å². The van der Waals surface area contributed by atoms with E-state index in [0.717, 1.165) is 15.7 Å². The summed E-state index contributed by atoms with van der Waals surface area (Å²) < 4.78 is 15.6. The largest absolute Gasteiger partial charge is 0.293 e. The minimum absolute atomic E-state index is 0.110. The molecule has 0 unspecified atom stereocenters. The Morgan fingerprint density at radius 1 is 1.00 bits per heavy atom. The van der Waals surface area contributed by atoms with Crippen LogP contribution in [-0.2, 0) is 0 Å². The van der Waals surface area contributed by atoms with E-state index < -0.39 is 0 Å². The summed E-state index contributed by atoms with van der Waals surface area (Å²) in [5.74, 6) is -0.315. The Bertz CT molecular complexity index is 1110. The lowest BCUT2D eigenvalue weighted by Crippen LogP contribution is -2.04. The zero-order chi connectivity index (χ0) is 18.8. The van der Waals surface area contributed by atoms with Crippen LogP contribution in [0.3, 0.4) is 0 Å². The first-order chi connectivity index (χ1) is 13.1. The molecule has 2 aromatic heterocycles. The van der Waals surface area contributed by atoms with Crippen molar-refractivity contribution in [1.82, 2.24) is 19.8 Å². The average molecular weight is 443 g/mol. The van der Waals surface area contributed by atoms with Crippen LogP contribution in [0.25, 0.3) is 16.9 Å². The molecule has 0 saturated heterocycles. The lowest BCUT2D eigenvalue weighted by molar-refractivity contribution is 0.102. The fourth-order valence-corrected chi connectivity index (χ4v) is 3.53. The third kappa shape index (κ3) is 3.91. The molecule has 27 heavy (non-hydrogen) atoms. The normalized spacial score (nSPS) is 11.0. The van der Waals surface area contributed by atoms with Gasteiger partial charge in [0.1, 0.15) is 5.82 Å². The van der Waals surface area contributed by atoms with Crippen LogP contribution < -0.4 is 0 Å². The number of Topliss-reactive ketones (excluding diaryl/α,β-unsaturated/α-hetero) is 1. The summed E-state index contributed by atoms with van der Waals surface area (Å²) in [6, 6.07) is 17.0. The Kier molecular flexibility index (Phi) is 5.00. The van der Waals surface area contributed by atoms with E-state index in [1.54, 1.807) is 4.52 Å². The van der Waals surface area contributed by atoms with Gasteiger partial charge in [0.05, 0.1) is 11.4 Å². The van der Waals surface area contributed by atoms with E-state index in [1.165, 1.54) is 36.0 Å². The number of aromatic nitrogens is 4. The Morgan fingerprint density at radius 3 is 2.48 bits per heavy atom. The maximum atomic E-state index is 13.0. The first kappa shape index (κ1) is 17.8. The molecule has 0 N–H and O–H groups in total. The van der Waals surface area contributed by atoms with Gasteiger partial charge in [-0.05, 0) is 48.5 Å². The molecule has 2 heterocycles. The summed E-state index contributed by atoms with van der Waals surface area (Å²) in [5, 5.41) is 13.3. The van der Waals surface area contributed by atoms with Gasteiger partial charge >= 0.3 is 0 Å². The predicted octanol–water partition coefficient (Wildman–Crippen LogP) is 4.67. The number of hydrogen-bond acceptors (Lipinski definition) is 5. The van der Waals surface area contributed by atoms with E-state index in [-0.39, 0.29) is 17.4 Å². The van der Waals surface area contributed by atoms with Crippen molar-refractivity contribution in [2.45, 2.75) is 5.16 Å². The zero-order valence-electron chi connectivity index (χ0n) is 13.8. The van der Waals surface area contributed by atoms with Gasteiger partial charge in [0.2, 0.25) is 5.16 Å². The molecule has 4 rings (SSSR count). The summed E-state index contributed by atoms with van der Waals surface area (Å²) in [4.78, 5) is 12.3. The topological polar surface area (TPSA) is 60.2 Å². The molecule has 0 aliphatic carbocycles. The minimum Gasteiger partial charge on any atom is -0.293 e. The molecule has 0 fully saturated rings. The van der Waals surface area contributed by atoms with Gasteiger partial charge in [-0.2, -0.15) is 9.61 Å². The lowest BCUT2D eigenvalue weighted by atomic mass is 10.1. The molecule has 0 radical (unpaired) electrons. The van der Waals surface area contributed by atoms with Crippen molar-refractivity contribution >= 4 is 39.1 Å². The van der Waals surface area contributed by atoms with Gasteiger partial charge in [-0.25, -0.2) is 4.39 Å². The number of carbonyl (C=O) groups excluding carboxylic acids is 1. The van der Waals surface area contributed by atoms with Crippen molar-refractivity contribution in [3.05, 3.63) is 76.5 Å². The summed E-state index contributed by atoms with van der Waals surface area (Å²) in [7, 11) is 0. The van der Waals surface area contributed by atoms with E-state index >= 15 is 0 Å². The van der Waals surface area contributed by atoms with Crippen molar-refractivity contribution < 1.29 is 9.18 Å². The lowest BCUT2D eigenvalue weighted by Gasteiger charge is -2.04. The highest BCUT2D eigenvalue weighted by Gasteiger charge is 2.13. The third-order valence-electron chi connectivity index (χ3n) is 3.87. The van der Waals surface area contributed by atoms with Gasteiger partial charge in [-0.15, -0.1) is 10.2 Å². The molecule has 0 amide bonds. The molecule has 134 valence electrons. The molecule has 5 nitrogen and oxygen atoms in total. The first-order valence-electron chi connectivity index (χ1n) is 8.00. The van der Waals surface area contributed by atoms with Crippen LogP contribution in [0, 0.1) is 5.82 Å². The van der Waals surface area contributed by atoms with Crippen LogP contribution in [0.1, 0.15) is 10.4 Å². The Balaban J connectivity index is 1.56. The Morgan fingerprint density at radius 2 is 1.74 bits per heavy atom. The SMILES string of the molecule is O=C(CSc1nnc2ccc(-c3ccc(Br)cc3)nn12)c1ccc(F)cc1. The number of hydrogen-bond donors (Lipinski definition) is 0. The number of carbonyl (C=O) groups is 1. The monoisotopic (exact) mass is 442 g/mol. The number of thioether (sulfide) groups is 1. The maximum absolute atomic E-state index is 13.0. The fourth-order valence-electron chi connectivity index (χ4n) is 2.48. The highest BCUT2D eigenvalue weighted by atomic mass is 79.9. The molecule has 0 aliphatic heterocycles. The number of ketones is 1. The van der Waals surface area contributed by atoms with Crippen LogP contribution in [-0.4, -0.2) is 31.3 Å². The standard InChI is InChI=1S/C19H12BrFN4OS/c20-14-5-1-12(2-6-14)16-9-10-18-22-23-19(25(18)24-16)27-11-17(26)13-3-7-15(21)8-4-13/h1-10H,11H2. The van der Waals surface area contributed by atoms with E-state index in [9.17, 15) is 9.18 Å². The number of benzene rings is 2. The van der Waals surface area contributed by atoms with Crippen molar-refractivity contribution in [2.24, 2.45) is 0 Å². The van der Waals surface area contributed by atoms with Crippen LogP contribution in [0.15, 0.2) is 70.3 Å². The molecule has 0 bridgehead atoms. The van der Waals surface area contributed by atoms with E-state index in [4.69, 9.17) is 0 Å². The number of halogens is 2. The predicted molar refractivity (Wildman–Crippen MR) is 105 cm³/mol. The first-order valence-corrected chi connectivity index (χ1v) is 9.78. The van der Waals surface area contributed by atoms with Crippen LogP contribution in [0.4, 0.5) is 4.39 Å². The Labute approximate surface area is 166 Å². The summed E-state index contributed by atoms with van der Waals surface area (Å²) in [5.41, 5.74) is 2.81. The highest BCUT2D eigenvalue weighted by Crippen LogP contribution is 2.23. The molecular formula is C19H12BrFN4OS. The Hall–Kier alpha value is -2.58. The van der Waals surface area contributed by atoms with Gasteiger partial charge in [-0.3, -0.25) is 4.79 Å². The van der Waals surface area contributed by atoms with Crippen molar-refractivity contribution in [3.8, 4) is 11.3 Å². The number of fused-ring (bicyclic) bond motifs is 1. The van der Waals surface area contributed by atoms with Crippen LogP contribution in [0.2, 0.25) is 0 Å². The second-order valence-electron chi connectivity index (χ2n) is 5.70. The van der Waals surface area contributed by atoms with Gasteiger partial charge in [-0.1, -0.05) is 39.8 Å². The van der Waals surface area contributed by atoms with Crippen molar-refractivity contribution in [1.29, 1.82) is 0 Å². The summed E-state index contributed by atoms with van der Waals surface area (Å²) in [6.45, 7) is 0.